The van der Waals surface area contributed by atoms with Gasteiger partial charge in [-0.25, -0.2) is 4.39 Å². The zero-order valence-corrected chi connectivity index (χ0v) is 18.2. The molecule has 1 fully saturated rings. The van der Waals surface area contributed by atoms with Crippen LogP contribution in [0.25, 0.3) is 0 Å². The second-order valence-corrected chi connectivity index (χ2v) is 8.78. The van der Waals surface area contributed by atoms with Crippen molar-refractivity contribution in [1.29, 1.82) is 0 Å². The fraction of sp³-hybridized carbons (Fsp3) is 0.320. The maximum atomic E-state index is 13.8. The van der Waals surface area contributed by atoms with E-state index in [2.05, 4.69) is 5.10 Å². The third kappa shape index (κ3) is 3.59. The Morgan fingerprint density at radius 1 is 1.06 bits per heavy atom. The zero-order chi connectivity index (χ0) is 24.2. The van der Waals surface area contributed by atoms with Crippen molar-refractivity contribution in [2.45, 2.75) is 43.9 Å². The van der Waals surface area contributed by atoms with Gasteiger partial charge in [0.15, 0.2) is 0 Å². The van der Waals surface area contributed by atoms with Crippen LogP contribution in [-0.4, -0.2) is 33.2 Å². The molecule has 1 saturated heterocycles. The quantitative estimate of drug-likeness (QED) is 0.521. The Morgan fingerprint density at radius 3 is 2.50 bits per heavy atom. The molecule has 2 aromatic carbocycles. The minimum absolute atomic E-state index is 0.148. The average molecular weight is 471 g/mol. The maximum Gasteiger partial charge on any atom is 0.416 e. The summed E-state index contributed by atoms with van der Waals surface area (Å²) in [5.41, 5.74) is 0.185. The number of hydrogen-bond acceptors (Lipinski definition) is 3. The Kier molecular flexibility index (Phi) is 5.30. The van der Waals surface area contributed by atoms with E-state index < -0.39 is 29.5 Å². The number of benzene rings is 2. The van der Waals surface area contributed by atoms with Crippen LogP contribution in [-0.2, 0) is 6.18 Å². The molecule has 0 spiro atoms. The van der Waals surface area contributed by atoms with Gasteiger partial charge in [-0.2, -0.15) is 18.3 Å². The summed E-state index contributed by atoms with van der Waals surface area (Å²) in [5.74, 6) is -1.44. The molecular formula is C25H21F4N3O2. The fourth-order valence-corrected chi connectivity index (χ4v) is 5.27. The molecule has 5 nitrogen and oxygen atoms in total. The lowest BCUT2D eigenvalue weighted by atomic mass is 9.79. The van der Waals surface area contributed by atoms with Crippen molar-refractivity contribution in [3.63, 3.8) is 0 Å². The largest absolute Gasteiger partial charge is 0.416 e. The van der Waals surface area contributed by atoms with E-state index in [1.807, 2.05) is 0 Å². The van der Waals surface area contributed by atoms with E-state index in [1.54, 1.807) is 30.0 Å². The number of fused-ring (bicyclic) bond motifs is 2. The highest BCUT2D eigenvalue weighted by Gasteiger charge is 2.47. The Hall–Kier alpha value is -3.49. The SMILES string of the molecule is Cc1c2n(ncc1=O)[C@@H]([C@H](c1ccc(F)cc1)c1cccc(C(F)(F)F)c1)[C@H]1CCCN1C2=O. The molecule has 176 valence electrons. The van der Waals surface area contributed by atoms with Crippen LogP contribution in [0.3, 0.4) is 0 Å². The van der Waals surface area contributed by atoms with Gasteiger partial charge < -0.3 is 4.90 Å². The van der Waals surface area contributed by atoms with Crippen molar-refractivity contribution in [3.05, 3.63) is 98.7 Å². The summed E-state index contributed by atoms with van der Waals surface area (Å²) < 4.78 is 56.0. The van der Waals surface area contributed by atoms with E-state index in [-0.39, 0.29) is 28.6 Å². The smallest absolute Gasteiger partial charge is 0.332 e. The van der Waals surface area contributed by atoms with E-state index in [4.69, 9.17) is 0 Å². The lowest BCUT2D eigenvalue weighted by Crippen LogP contribution is -2.51. The molecule has 2 aliphatic rings. The van der Waals surface area contributed by atoms with Crippen LogP contribution in [0.2, 0.25) is 0 Å². The first-order chi connectivity index (χ1) is 16.2. The molecule has 2 aliphatic heterocycles. The van der Waals surface area contributed by atoms with Gasteiger partial charge in [0, 0.05) is 18.0 Å². The van der Waals surface area contributed by atoms with Gasteiger partial charge in [-0.15, -0.1) is 0 Å². The van der Waals surface area contributed by atoms with Crippen LogP contribution < -0.4 is 5.43 Å². The highest BCUT2D eigenvalue weighted by atomic mass is 19.4. The number of alkyl halides is 3. The van der Waals surface area contributed by atoms with Crippen molar-refractivity contribution < 1.29 is 22.4 Å². The summed E-state index contributed by atoms with van der Waals surface area (Å²) in [6, 6.07) is 9.76. The number of amides is 1. The van der Waals surface area contributed by atoms with Gasteiger partial charge in [0.05, 0.1) is 23.8 Å². The third-order valence-electron chi connectivity index (χ3n) is 6.84. The molecule has 3 heterocycles. The maximum absolute atomic E-state index is 13.8. The van der Waals surface area contributed by atoms with E-state index in [0.717, 1.165) is 24.8 Å². The number of hydrogen-bond donors (Lipinski definition) is 0. The number of carbonyl (C=O) groups is 1. The van der Waals surface area contributed by atoms with Gasteiger partial charge in [0.2, 0.25) is 5.43 Å². The van der Waals surface area contributed by atoms with E-state index in [9.17, 15) is 27.2 Å². The molecule has 3 atom stereocenters. The normalized spacial score (nSPS) is 20.7. The topological polar surface area (TPSA) is 55.2 Å². The van der Waals surface area contributed by atoms with Crippen LogP contribution in [0.4, 0.5) is 17.6 Å². The standard InChI is InChI=1S/C25H21F4N3O2/c1-14-20(33)13-30-32-22(14)24(34)31-11-3-6-19(31)23(32)21(15-7-9-18(26)10-8-15)16-4-2-5-17(12-16)25(27,28)29/h2,4-5,7-10,12-13,19,21,23H,3,6,11H2,1H3/t19-,21-,23-/m1/s1. The molecule has 0 radical (unpaired) electrons. The summed E-state index contributed by atoms with van der Waals surface area (Å²) in [5, 5.41) is 4.29. The van der Waals surface area contributed by atoms with Crippen LogP contribution >= 0.6 is 0 Å². The number of rotatable bonds is 3. The Balaban J connectivity index is 1.77. The molecule has 1 aromatic heterocycles. The molecule has 5 rings (SSSR count). The number of nitrogens with zero attached hydrogens (tertiary/aromatic N) is 3. The van der Waals surface area contributed by atoms with Crippen molar-refractivity contribution in [2.24, 2.45) is 0 Å². The molecule has 0 N–H and O–H groups in total. The molecule has 0 bridgehead atoms. The summed E-state index contributed by atoms with van der Waals surface area (Å²) in [6.07, 6.45) is -2.04. The van der Waals surface area contributed by atoms with Crippen molar-refractivity contribution in [2.75, 3.05) is 6.54 Å². The Labute approximate surface area is 192 Å². The zero-order valence-electron chi connectivity index (χ0n) is 18.2. The Bertz CT molecular complexity index is 1320. The molecule has 0 saturated carbocycles. The van der Waals surface area contributed by atoms with Crippen molar-refractivity contribution >= 4 is 5.91 Å². The van der Waals surface area contributed by atoms with Gasteiger partial charge in [-0.3, -0.25) is 14.3 Å². The second-order valence-electron chi connectivity index (χ2n) is 8.78. The Morgan fingerprint density at radius 2 is 1.79 bits per heavy atom. The second kappa shape index (κ2) is 8.07. The summed E-state index contributed by atoms with van der Waals surface area (Å²) >= 11 is 0. The van der Waals surface area contributed by atoms with Crippen molar-refractivity contribution in [3.8, 4) is 0 Å². The minimum atomic E-state index is -4.54. The highest BCUT2D eigenvalue weighted by molar-refractivity contribution is 5.95. The lowest BCUT2D eigenvalue weighted by Gasteiger charge is -2.43. The highest BCUT2D eigenvalue weighted by Crippen LogP contribution is 2.46. The van der Waals surface area contributed by atoms with E-state index >= 15 is 0 Å². The molecule has 0 aliphatic carbocycles. The number of carbonyl (C=O) groups excluding carboxylic acids is 1. The monoisotopic (exact) mass is 471 g/mol. The first kappa shape index (κ1) is 22.3. The number of aromatic nitrogens is 2. The molecule has 34 heavy (non-hydrogen) atoms. The van der Waals surface area contributed by atoms with Crippen LogP contribution in [0.5, 0.6) is 0 Å². The predicted molar refractivity (Wildman–Crippen MR) is 116 cm³/mol. The third-order valence-corrected chi connectivity index (χ3v) is 6.84. The van der Waals surface area contributed by atoms with Crippen LogP contribution in [0.1, 0.15) is 57.5 Å². The van der Waals surface area contributed by atoms with Crippen LogP contribution in [0.15, 0.2) is 59.5 Å². The molecule has 0 unspecified atom stereocenters. The van der Waals surface area contributed by atoms with Gasteiger partial charge in [-0.1, -0.05) is 30.3 Å². The minimum Gasteiger partial charge on any atom is -0.332 e. The molecule has 1 amide bonds. The summed E-state index contributed by atoms with van der Waals surface area (Å²) in [7, 11) is 0. The first-order valence-electron chi connectivity index (χ1n) is 11.0. The van der Waals surface area contributed by atoms with Gasteiger partial charge in [0.25, 0.3) is 5.91 Å². The number of halogens is 4. The predicted octanol–water partition coefficient (Wildman–Crippen LogP) is 4.70. The average Bonchev–Trinajstić information content (AvgIpc) is 3.29. The molecule has 3 aromatic rings. The molecular weight excluding hydrogens is 450 g/mol. The van der Waals surface area contributed by atoms with E-state index in [0.29, 0.717) is 24.1 Å². The lowest BCUT2D eigenvalue weighted by molar-refractivity contribution is -0.137. The summed E-state index contributed by atoms with van der Waals surface area (Å²) in [6.45, 7) is 2.04. The van der Waals surface area contributed by atoms with Crippen LogP contribution in [0, 0.1) is 12.7 Å². The van der Waals surface area contributed by atoms with E-state index in [1.165, 1.54) is 22.9 Å². The van der Waals surface area contributed by atoms with Crippen molar-refractivity contribution in [1.82, 2.24) is 14.7 Å². The summed E-state index contributed by atoms with van der Waals surface area (Å²) in [4.78, 5) is 27.3. The van der Waals surface area contributed by atoms with Gasteiger partial charge in [-0.05, 0) is 49.1 Å². The molecule has 9 heteroatoms. The fourth-order valence-electron chi connectivity index (χ4n) is 5.27. The first-order valence-corrected chi connectivity index (χ1v) is 11.0. The van der Waals surface area contributed by atoms with Gasteiger partial charge in [0.1, 0.15) is 11.5 Å². The van der Waals surface area contributed by atoms with Gasteiger partial charge >= 0.3 is 6.18 Å².